The summed E-state index contributed by atoms with van der Waals surface area (Å²) in [5.74, 6) is 0.226. The fourth-order valence-electron chi connectivity index (χ4n) is 2.05. The molecule has 2 heterocycles. The zero-order valence-corrected chi connectivity index (χ0v) is 12.2. The van der Waals surface area contributed by atoms with Crippen LogP contribution in [0.3, 0.4) is 0 Å². The summed E-state index contributed by atoms with van der Waals surface area (Å²) in [6, 6.07) is 9.73. The van der Waals surface area contributed by atoms with E-state index >= 15 is 0 Å². The zero-order chi connectivity index (χ0) is 15.5. The maximum Gasteiger partial charge on any atom is 0.337 e. The predicted molar refractivity (Wildman–Crippen MR) is 80.5 cm³/mol. The Morgan fingerprint density at radius 3 is 2.68 bits per heavy atom. The standard InChI is InChI=1S/C15H15N5O2/c1-9(2)12-13(15(21)22-20-12)17-19-14-11(8-16-18-14)10-6-4-3-5-7-10/h3-9,21H,1-2H3,(H,16,18). The Morgan fingerprint density at radius 1 is 1.18 bits per heavy atom. The molecule has 0 fully saturated rings. The van der Waals surface area contributed by atoms with Crippen molar-refractivity contribution in [1.82, 2.24) is 15.4 Å². The number of nitrogens with zero attached hydrogens (tertiary/aromatic N) is 4. The Morgan fingerprint density at radius 2 is 1.95 bits per heavy atom. The van der Waals surface area contributed by atoms with Crippen LogP contribution in [0.2, 0.25) is 0 Å². The van der Waals surface area contributed by atoms with Crippen molar-refractivity contribution in [3.63, 3.8) is 0 Å². The van der Waals surface area contributed by atoms with Crippen LogP contribution in [0.15, 0.2) is 51.3 Å². The number of nitrogens with one attached hydrogen (secondary N) is 1. The number of hydrogen-bond donors (Lipinski definition) is 2. The molecular formula is C15H15N5O2. The van der Waals surface area contributed by atoms with E-state index in [9.17, 15) is 5.11 Å². The van der Waals surface area contributed by atoms with Crippen LogP contribution in [0.4, 0.5) is 11.5 Å². The molecule has 0 aliphatic carbocycles. The number of benzene rings is 1. The van der Waals surface area contributed by atoms with Gasteiger partial charge in [-0.15, -0.1) is 10.2 Å². The number of hydrogen-bond acceptors (Lipinski definition) is 6. The van der Waals surface area contributed by atoms with E-state index in [2.05, 4.69) is 25.6 Å². The minimum absolute atomic E-state index is 0.0639. The first-order valence-electron chi connectivity index (χ1n) is 6.86. The molecule has 0 bridgehead atoms. The van der Waals surface area contributed by atoms with E-state index in [0.717, 1.165) is 11.1 Å². The summed E-state index contributed by atoms with van der Waals surface area (Å²) in [6.45, 7) is 3.86. The largest absolute Gasteiger partial charge is 0.478 e. The van der Waals surface area contributed by atoms with Crippen molar-refractivity contribution in [1.29, 1.82) is 0 Å². The molecule has 0 aliphatic heterocycles. The summed E-state index contributed by atoms with van der Waals surface area (Å²) in [5, 5.41) is 28.5. The van der Waals surface area contributed by atoms with Gasteiger partial charge in [-0.3, -0.25) is 5.10 Å². The molecule has 3 rings (SSSR count). The molecule has 0 atom stereocenters. The molecule has 112 valence electrons. The lowest BCUT2D eigenvalue weighted by Gasteiger charge is -1.99. The number of azo groups is 1. The van der Waals surface area contributed by atoms with Crippen LogP contribution >= 0.6 is 0 Å². The van der Waals surface area contributed by atoms with Crippen LogP contribution in [-0.2, 0) is 0 Å². The van der Waals surface area contributed by atoms with Crippen molar-refractivity contribution in [2.45, 2.75) is 19.8 Å². The third-order valence-electron chi connectivity index (χ3n) is 3.18. The van der Waals surface area contributed by atoms with Crippen LogP contribution in [0.1, 0.15) is 25.5 Å². The molecule has 0 aliphatic rings. The van der Waals surface area contributed by atoms with Gasteiger partial charge >= 0.3 is 5.95 Å². The lowest BCUT2D eigenvalue weighted by Crippen LogP contribution is -1.86. The van der Waals surface area contributed by atoms with E-state index in [4.69, 9.17) is 4.52 Å². The van der Waals surface area contributed by atoms with Gasteiger partial charge in [-0.05, 0) is 5.56 Å². The van der Waals surface area contributed by atoms with Gasteiger partial charge < -0.3 is 9.63 Å². The fraction of sp³-hybridized carbons (Fsp3) is 0.200. The molecule has 3 aromatic rings. The lowest BCUT2D eigenvalue weighted by atomic mass is 10.1. The maximum absolute atomic E-state index is 9.69. The molecule has 0 saturated heterocycles. The van der Waals surface area contributed by atoms with Crippen LogP contribution in [0, 0.1) is 0 Å². The highest BCUT2D eigenvalue weighted by Crippen LogP contribution is 2.36. The summed E-state index contributed by atoms with van der Waals surface area (Å²) in [6.07, 6.45) is 1.68. The van der Waals surface area contributed by atoms with Crippen molar-refractivity contribution >= 4 is 11.5 Å². The normalized spacial score (nSPS) is 11.6. The van der Waals surface area contributed by atoms with E-state index in [1.165, 1.54) is 0 Å². The summed E-state index contributed by atoms with van der Waals surface area (Å²) in [4.78, 5) is 0. The number of aromatic amines is 1. The van der Waals surface area contributed by atoms with Crippen LogP contribution < -0.4 is 0 Å². The monoisotopic (exact) mass is 297 g/mol. The first-order chi connectivity index (χ1) is 10.7. The highest BCUT2D eigenvalue weighted by atomic mass is 16.5. The van der Waals surface area contributed by atoms with Gasteiger partial charge in [0.1, 0.15) is 5.69 Å². The SMILES string of the molecule is CC(C)c1noc(O)c1N=Nc1[nH]ncc1-c1ccccc1. The van der Waals surface area contributed by atoms with Crippen molar-refractivity contribution in [2.75, 3.05) is 0 Å². The average molecular weight is 297 g/mol. The van der Waals surface area contributed by atoms with Gasteiger partial charge in [0.05, 0.1) is 6.20 Å². The number of H-pyrrole nitrogens is 1. The van der Waals surface area contributed by atoms with Crippen molar-refractivity contribution < 1.29 is 9.63 Å². The number of aromatic nitrogens is 3. The Bertz CT molecular complexity index is 789. The molecule has 0 amide bonds. The second kappa shape index (κ2) is 5.80. The Balaban J connectivity index is 1.95. The second-order valence-electron chi connectivity index (χ2n) is 5.07. The Labute approximate surface area is 126 Å². The quantitative estimate of drug-likeness (QED) is 0.701. The van der Waals surface area contributed by atoms with Gasteiger partial charge in [-0.1, -0.05) is 49.3 Å². The van der Waals surface area contributed by atoms with Crippen molar-refractivity contribution in [2.24, 2.45) is 10.2 Å². The van der Waals surface area contributed by atoms with E-state index in [-0.39, 0.29) is 17.6 Å². The zero-order valence-electron chi connectivity index (χ0n) is 12.2. The van der Waals surface area contributed by atoms with E-state index < -0.39 is 0 Å². The van der Waals surface area contributed by atoms with Gasteiger partial charge in [0, 0.05) is 11.5 Å². The molecule has 7 heteroatoms. The molecule has 0 radical (unpaired) electrons. The minimum Gasteiger partial charge on any atom is -0.478 e. The highest BCUT2D eigenvalue weighted by Gasteiger charge is 2.18. The molecule has 22 heavy (non-hydrogen) atoms. The Kier molecular flexibility index (Phi) is 3.69. The average Bonchev–Trinajstić information content (AvgIpc) is 3.12. The van der Waals surface area contributed by atoms with Crippen LogP contribution in [0.5, 0.6) is 5.95 Å². The van der Waals surface area contributed by atoms with E-state index in [1.54, 1.807) is 6.20 Å². The van der Waals surface area contributed by atoms with E-state index in [0.29, 0.717) is 11.5 Å². The van der Waals surface area contributed by atoms with Gasteiger partial charge in [-0.2, -0.15) is 5.10 Å². The topological polar surface area (TPSA) is 99.7 Å². The molecule has 2 N–H and O–H groups in total. The summed E-state index contributed by atoms with van der Waals surface area (Å²) >= 11 is 0. The van der Waals surface area contributed by atoms with E-state index in [1.807, 2.05) is 44.2 Å². The van der Waals surface area contributed by atoms with Crippen LogP contribution in [-0.4, -0.2) is 20.5 Å². The van der Waals surface area contributed by atoms with Crippen molar-refractivity contribution in [3.05, 3.63) is 42.2 Å². The minimum atomic E-state index is -0.340. The summed E-state index contributed by atoms with van der Waals surface area (Å²) < 4.78 is 4.77. The molecular weight excluding hydrogens is 282 g/mol. The third-order valence-corrected chi connectivity index (χ3v) is 3.18. The van der Waals surface area contributed by atoms with Crippen molar-refractivity contribution in [3.8, 4) is 17.1 Å². The highest BCUT2D eigenvalue weighted by molar-refractivity contribution is 5.72. The predicted octanol–water partition coefficient (Wildman–Crippen LogP) is 4.31. The molecule has 7 nitrogen and oxygen atoms in total. The second-order valence-corrected chi connectivity index (χ2v) is 5.07. The third kappa shape index (κ3) is 2.60. The number of aromatic hydroxyl groups is 1. The Hall–Kier alpha value is -2.96. The lowest BCUT2D eigenvalue weighted by molar-refractivity contribution is 0.276. The first kappa shape index (κ1) is 14.0. The molecule has 0 spiro atoms. The fourth-order valence-corrected chi connectivity index (χ4v) is 2.05. The first-order valence-corrected chi connectivity index (χ1v) is 6.86. The molecule has 1 aromatic carbocycles. The van der Waals surface area contributed by atoms with Gasteiger partial charge in [0.15, 0.2) is 11.5 Å². The van der Waals surface area contributed by atoms with Crippen LogP contribution in [0.25, 0.3) is 11.1 Å². The summed E-state index contributed by atoms with van der Waals surface area (Å²) in [7, 11) is 0. The molecule has 0 saturated carbocycles. The van der Waals surface area contributed by atoms with Gasteiger partial charge in [0.25, 0.3) is 0 Å². The van der Waals surface area contributed by atoms with Gasteiger partial charge in [0.2, 0.25) is 0 Å². The summed E-state index contributed by atoms with van der Waals surface area (Å²) in [5.41, 5.74) is 2.60. The van der Waals surface area contributed by atoms with Gasteiger partial charge in [-0.25, -0.2) is 0 Å². The smallest absolute Gasteiger partial charge is 0.337 e. The molecule has 0 unspecified atom stereocenters. The molecule has 2 aromatic heterocycles. The maximum atomic E-state index is 9.69. The number of rotatable bonds is 4.